The van der Waals surface area contributed by atoms with E-state index in [1.165, 1.54) is 6.92 Å². The van der Waals surface area contributed by atoms with Gasteiger partial charge in [-0.15, -0.1) is 0 Å². The van der Waals surface area contributed by atoms with Crippen LogP contribution in [-0.2, 0) is 4.79 Å². The molecule has 0 radical (unpaired) electrons. The molecule has 2 atom stereocenters. The van der Waals surface area contributed by atoms with Crippen LogP contribution in [0, 0.1) is 0 Å². The van der Waals surface area contributed by atoms with Gasteiger partial charge >= 0.3 is 5.97 Å². The Labute approximate surface area is 66.2 Å². The maximum Gasteiger partial charge on any atom is 0.323 e. The van der Waals surface area contributed by atoms with Gasteiger partial charge in [-0.05, 0) is 6.92 Å². The summed E-state index contributed by atoms with van der Waals surface area (Å²) in [6, 6.07) is -0.805. The molecule has 11 heavy (non-hydrogen) atoms. The molecule has 0 saturated carbocycles. The molecular formula is C7H15NO3. The SMILES string of the molecule is CC(C)N[C@@H](C(=O)O)[C@H](C)O. The van der Waals surface area contributed by atoms with E-state index < -0.39 is 18.1 Å². The third-order valence-electron chi connectivity index (χ3n) is 1.26. The van der Waals surface area contributed by atoms with Gasteiger partial charge in [-0.25, -0.2) is 0 Å². The van der Waals surface area contributed by atoms with Gasteiger partial charge in [0.2, 0.25) is 0 Å². The average Bonchev–Trinajstić information content (AvgIpc) is 1.81. The topological polar surface area (TPSA) is 69.6 Å². The van der Waals surface area contributed by atoms with E-state index in [4.69, 9.17) is 10.2 Å². The van der Waals surface area contributed by atoms with Crippen LogP contribution in [-0.4, -0.2) is 34.4 Å². The van der Waals surface area contributed by atoms with Crippen LogP contribution in [0.2, 0.25) is 0 Å². The zero-order valence-electron chi connectivity index (χ0n) is 7.03. The van der Waals surface area contributed by atoms with Gasteiger partial charge in [0.15, 0.2) is 0 Å². The van der Waals surface area contributed by atoms with Crippen molar-refractivity contribution in [1.29, 1.82) is 0 Å². The van der Waals surface area contributed by atoms with Crippen molar-refractivity contribution in [3.8, 4) is 0 Å². The minimum atomic E-state index is -1.02. The number of nitrogens with one attached hydrogen (secondary N) is 1. The highest BCUT2D eigenvalue weighted by atomic mass is 16.4. The minimum Gasteiger partial charge on any atom is -0.480 e. The summed E-state index contributed by atoms with van der Waals surface area (Å²) in [7, 11) is 0. The first-order valence-electron chi connectivity index (χ1n) is 3.62. The van der Waals surface area contributed by atoms with Crippen LogP contribution in [0.5, 0.6) is 0 Å². The number of hydrogen-bond donors (Lipinski definition) is 3. The Morgan fingerprint density at radius 2 is 1.82 bits per heavy atom. The Morgan fingerprint density at radius 3 is 1.91 bits per heavy atom. The van der Waals surface area contributed by atoms with Crippen molar-refractivity contribution in [2.75, 3.05) is 0 Å². The van der Waals surface area contributed by atoms with Crippen LogP contribution >= 0.6 is 0 Å². The van der Waals surface area contributed by atoms with Crippen molar-refractivity contribution in [2.45, 2.75) is 39.0 Å². The molecule has 0 aromatic rings. The van der Waals surface area contributed by atoms with E-state index in [0.29, 0.717) is 0 Å². The molecule has 4 heteroatoms. The number of aliphatic carboxylic acids is 1. The monoisotopic (exact) mass is 161 g/mol. The zero-order valence-corrected chi connectivity index (χ0v) is 7.03. The number of carboxylic acid groups (broad SMARTS) is 1. The summed E-state index contributed by atoms with van der Waals surface area (Å²) in [4.78, 5) is 10.5. The predicted octanol–water partition coefficient (Wildman–Crippen LogP) is -0.182. The Balaban J connectivity index is 4.01. The Morgan fingerprint density at radius 1 is 1.36 bits per heavy atom. The van der Waals surface area contributed by atoms with Gasteiger partial charge in [-0.3, -0.25) is 4.79 Å². The molecular weight excluding hydrogens is 146 g/mol. The molecule has 0 aliphatic carbocycles. The average molecular weight is 161 g/mol. The number of carbonyl (C=O) groups is 1. The highest BCUT2D eigenvalue weighted by molar-refractivity contribution is 5.74. The maximum atomic E-state index is 10.5. The first-order valence-corrected chi connectivity index (χ1v) is 3.62. The largest absolute Gasteiger partial charge is 0.480 e. The van der Waals surface area contributed by atoms with Gasteiger partial charge in [0, 0.05) is 6.04 Å². The van der Waals surface area contributed by atoms with Gasteiger partial charge < -0.3 is 15.5 Å². The highest BCUT2D eigenvalue weighted by Gasteiger charge is 2.22. The fourth-order valence-corrected chi connectivity index (χ4v) is 0.776. The number of aliphatic hydroxyl groups excluding tert-OH is 1. The fraction of sp³-hybridized carbons (Fsp3) is 0.857. The molecule has 0 spiro atoms. The van der Waals surface area contributed by atoms with Crippen molar-refractivity contribution >= 4 is 5.97 Å². The first-order chi connectivity index (χ1) is 4.95. The lowest BCUT2D eigenvalue weighted by Crippen LogP contribution is -2.47. The number of aliphatic hydroxyl groups is 1. The van der Waals surface area contributed by atoms with Crippen LogP contribution in [0.4, 0.5) is 0 Å². The molecule has 66 valence electrons. The summed E-state index contributed by atoms with van der Waals surface area (Å²) in [6.07, 6.45) is -0.866. The first kappa shape index (κ1) is 10.4. The molecule has 0 fully saturated rings. The molecule has 0 aromatic carbocycles. The summed E-state index contributed by atoms with van der Waals surface area (Å²) >= 11 is 0. The molecule has 0 aliphatic rings. The van der Waals surface area contributed by atoms with Crippen molar-refractivity contribution in [3.05, 3.63) is 0 Å². The summed E-state index contributed by atoms with van der Waals surface area (Å²) in [5.41, 5.74) is 0. The Kier molecular flexibility index (Phi) is 4.07. The Hall–Kier alpha value is -0.610. The number of rotatable bonds is 4. The van der Waals surface area contributed by atoms with Crippen molar-refractivity contribution in [1.82, 2.24) is 5.32 Å². The molecule has 0 saturated heterocycles. The minimum absolute atomic E-state index is 0.0608. The molecule has 4 nitrogen and oxygen atoms in total. The van der Waals surface area contributed by atoms with E-state index in [9.17, 15) is 4.79 Å². The summed E-state index contributed by atoms with van der Waals surface area (Å²) in [6.45, 7) is 5.12. The standard InChI is InChI=1S/C7H15NO3/c1-4(2)8-6(5(3)9)7(10)11/h4-6,8-9H,1-3H3,(H,10,11)/t5-,6+/m0/s1. The predicted molar refractivity (Wildman–Crippen MR) is 41.4 cm³/mol. The van der Waals surface area contributed by atoms with E-state index in [-0.39, 0.29) is 6.04 Å². The Bertz CT molecular complexity index is 134. The number of hydrogen-bond acceptors (Lipinski definition) is 3. The normalized spacial score (nSPS) is 16.5. The van der Waals surface area contributed by atoms with E-state index in [1.54, 1.807) is 0 Å². The van der Waals surface area contributed by atoms with Gasteiger partial charge in [-0.1, -0.05) is 13.8 Å². The second-order valence-electron chi connectivity index (χ2n) is 2.88. The van der Waals surface area contributed by atoms with Crippen molar-refractivity contribution in [3.63, 3.8) is 0 Å². The van der Waals surface area contributed by atoms with E-state index in [1.807, 2.05) is 13.8 Å². The van der Waals surface area contributed by atoms with Crippen LogP contribution in [0.25, 0.3) is 0 Å². The second kappa shape index (κ2) is 4.31. The quantitative estimate of drug-likeness (QED) is 0.535. The van der Waals surface area contributed by atoms with Gasteiger partial charge in [0.1, 0.15) is 6.04 Å². The van der Waals surface area contributed by atoms with Crippen molar-refractivity contribution < 1.29 is 15.0 Å². The summed E-state index contributed by atoms with van der Waals surface area (Å²) in [5.74, 6) is -1.02. The van der Waals surface area contributed by atoms with Crippen LogP contribution < -0.4 is 5.32 Å². The lowest BCUT2D eigenvalue weighted by atomic mass is 10.1. The van der Waals surface area contributed by atoms with Gasteiger partial charge in [0.25, 0.3) is 0 Å². The maximum absolute atomic E-state index is 10.5. The molecule has 0 bridgehead atoms. The van der Waals surface area contributed by atoms with Gasteiger partial charge in [0.05, 0.1) is 6.10 Å². The van der Waals surface area contributed by atoms with Gasteiger partial charge in [-0.2, -0.15) is 0 Å². The van der Waals surface area contributed by atoms with Crippen LogP contribution in [0.3, 0.4) is 0 Å². The molecule has 3 N–H and O–H groups in total. The third kappa shape index (κ3) is 3.95. The van der Waals surface area contributed by atoms with E-state index in [0.717, 1.165) is 0 Å². The second-order valence-corrected chi connectivity index (χ2v) is 2.88. The number of carboxylic acids is 1. The molecule has 0 aromatic heterocycles. The molecule has 0 heterocycles. The third-order valence-corrected chi connectivity index (χ3v) is 1.26. The van der Waals surface area contributed by atoms with E-state index >= 15 is 0 Å². The highest BCUT2D eigenvalue weighted by Crippen LogP contribution is 1.94. The summed E-state index contributed by atoms with van der Waals surface area (Å²) in [5, 5.41) is 20.3. The van der Waals surface area contributed by atoms with Crippen molar-refractivity contribution in [2.24, 2.45) is 0 Å². The molecule has 0 aliphatic heterocycles. The smallest absolute Gasteiger partial charge is 0.323 e. The molecule has 0 amide bonds. The van der Waals surface area contributed by atoms with E-state index in [2.05, 4.69) is 5.32 Å². The lowest BCUT2D eigenvalue weighted by Gasteiger charge is -2.19. The fourth-order valence-electron chi connectivity index (χ4n) is 0.776. The lowest BCUT2D eigenvalue weighted by molar-refractivity contribution is -0.142. The summed E-state index contributed by atoms with van der Waals surface area (Å²) < 4.78 is 0. The molecule has 0 rings (SSSR count). The molecule has 0 unspecified atom stereocenters. The van der Waals surface area contributed by atoms with Crippen LogP contribution in [0.15, 0.2) is 0 Å². The van der Waals surface area contributed by atoms with Crippen LogP contribution in [0.1, 0.15) is 20.8 Å². The zero-order chi connectivity index (χ0) is 9.02.